The standard InChI is InChI=1S/C25H25FN2O3/c1-30-18-7-6-14-12-19-25(29)13-16-15-4-2-3-5-17(15)27-21(16)23-24(25,20(14)22(18)31-23)8-10-28(19)11-9-26/h2-7,19,23,27,29H,8-13H2,1H3/t19-,23+,24+,25-/m1/s1. The van der Waals surface area contributed by atoms with Crippen molar-refractivity contribution in [2.24, 2.45) is 0 Å². The van der Waals surface area contributed by atoms with Crippen LogP contribution in [0.1, 0.15) is 34.9 Å². The van der Waals surface area contributed by atoms with Gasteiger partial charge in [-0.05, 0) is 42.6 Å². The molecule has 2 aliphatic carbocycles. The van der Waals surface area contributed by atoms with Gasteiger partial charge in [-0.25, -0.2) is 4.39 Å². The van der Waals surface area contributed by atoms with Crippen LogP contribution in [0.15, 0.2) is 36.4 Å². The van der Waals surface area contributed by atoms with Gasteiger partial charge >= 0.3 is 0 Å². The second-order valence-electron chi connectivity index (χ2n) is 9.46. The minimum Gasteiger partial charge on any atom is -0.493 e. The molecule has 0 amide bonds. The van der Waals surface area contributed by atoms with Gasteiger partial charge in [-0.1, -0.05) is 24.3 Å². The normalized spacial score (nSPS) is 32.5. The van der Waals surface area contributed by atoms with E-state index in [-0.39, 0.29) is 12.1 Å². The van der Waals surface area contributed by atoms with Crippen LogP contribution in [0.2, 0.25) is 0 Å². The smallest absolute Gasteiger partial charge is 0.166 e. The van der Waals surface area contributed by atoms with Crippen LogP contribution >= 0.6 is 0 Å². The van der Waals surface area contributed by atoms with Gasteiger partial charge in [0, 0.05) is 35.5 Å². The molecule has 160 valence electrons. The van der Waals surface area contributed by atoms with Crippen molar-refractivity contribution in [2.45, 2.75) is 42.4 Å². The molecule has 0 unspecified atom stereocenters. The summed E-state index contributed by atoms with van der Waals surface area (Å²) >= 11 is 0. The molecule has 0 saturated carbocycles. The first-order chi connectivity index (χ1) is 15.1. The summed E-state index contributed by atoms with van der Waals surface area (Å²) in [5, 5.41) is 13.7. The fraction of sp³-hybridized carbons (Fsp3) is 0.440. The topological polar surface area (TPSA) is 57.7 Å². The lowest BCUT2D eigenvalue weighted by Crippen LogP contribution is -2.74. The number of alkyl halides is 1. The Hall–Kier alpha value is -2.57. The molecule has 1 aromatic heterocycles. The Kier molecular flexibility index (Phi) is 3.38. The molecular weight excluding hydrogens is 395 g/mol. The minimum atomic E-state index is -1.03. The zero-order chi connectivity index (χ0) is 21.0. The maximum Gasteiger partial charge on any atom is 0.166 e. The lowest BCUT2D eigenvalue weighted by atomic mass is 9.49. The van der Waals surface area contributed by atoms with Crippen LogP contribution < -0.4 is 9.47 Å². The van der Waals surface area contributed by atoms with Gasteiger partial charge in [0.15, 0.2) is 17.6 Å². The predicted octanol–water partition coefficient (Wildman–Crippen LogP) is 3.44. The van der Waals surface area contributed by atoms with Gasteiger partial charge in [-0.2, -0.15) is 0 Å². The van der Waals surface area contributed by atoms with Crippen molar-refractivity contribution in [3.8, 4) is 11.5 Å². The first kappa shape index (κ1) is 18.0. The van der Waals surface area contributed by atoms with Crippen LogP contribution in [0.25, 0.3) is 10.9 Å². The number of nitrogens with one attached hydrogen (secondary N) is 1. The van der Waals surface area contributed by atoms with Gasteiger partial charge in [0.2, 0.25) is 0 Å². The average Bonchev–Trinajstić information content (AvgIpc) is 3.31. The average molecular weight is 420 g/mol. The second-order valence-corrected chi connectivity index (χ2v) is 9.46. The van der Waals surface area contributed by atoms with Crippen molar-refractivity contribution in [1.82, 2.24) is 9.88 Å². The molecule has 1 fully saturated rings. The number of benzene rings is 2. The highest BCUT2D eigenvalue weighted by atomic mass is 19.1. The zero-order valence-electron chi connectivity index (χ0n) is 17.5. The number of hydrogen-bond acceptors (Lipinski definition) is 4. The molecule has 31 heavy (non-hydrogen) atoms. The van der Waals surface area contributed by atoms with E-state index in [2.05, 4.69) is 28.1 Å². The van der Waals surface area contributed by atoms with Crippen molar-refractivity contribution >= 4 is 10.9 Å². The Labute approximate surface area is 179 Å². The number of H-pyrrole nitrogens is 1. The van der Waals surface area contributed by atoms with Crippen LogP contribution in [0.5, 0.6) is 11.5 Å². The number of para-hydroxylation sites is 1. The number of fused-ring (bicyclic) bond motifs is 4. The molecule has 5 nitrogen and oxygen atoms in total. The van der Waals surface area contributed by atoms with E-state index in [0.29, 0.717) is 25.1 Å². The van der Waals surface area contributed by atoms with Crippen LogP contribution in [0, 0.1) is 0 Å². The van der Waals surface area contributed by atoms with Crippen molar-refractivity contribution in [3.05, 3.63) is 58.8 Å². The minimum absolute atomic E-state index is 0.142. The summed E-state index contributed by atoms with van der Waals surface area (Å²) in [6, 6.07) is 12.2. The molecular formula is C25H25FN2O3. The lowest BCUT2D eigenvalue weighted by molar-refractivity contribution is -0.172. The number of aromatic amines is 1. The van der Waals surface area contributed by atoms with E-state index in [0.717, 1.165) is 46.4 Å². The summed E-state index contributed by atoms with van der Waals surface area (Å²) in [7, 11) is 1.66. The summed E-state index contributed by atoms with van der Waals surface area (Å²) in [5.41, 5.74) is 3.96. The first-order valence-corrected chi connectivity index (χ1v) is 11.1. The fourth-order valence-electron chi connectivity index (χ4n) is 7.25. The van der Waals surface area contributed by atoms with Gasteiger partial charge < -0.3 is 19.6 Å². The molecule has 2 N–H and O–H groups in total. The van der Waals surface area contributed by atoms with Crippen molar-refractivity contribution in [2.75, 3.05) is 26.9 Å². The quantitative estimate of drug-likeness (QED) is 0.682. The Morgan fingerprint density at radius 3 is 3.00 bits per heavy atom. The summed E-state index contributed by atoms with van der Waals surface area (Å²) in [6.07, 6.45) is 1.65. The third kappa shape index (κ3) is 1.91. The molecule has 1 spiro atoms. The van der Waals surface area contributed by atoms with E-state index in [1.807, 2.05) is 18.2 Å². The van der Waals surface area contributed by atoms with Crippen LogP contribution in [0.3, 0.4) is 0 Å². The molecule has 2 aromatic carbocycles. The number of nitrogens with zero attached hydrogens (tertiary/aromatic N) is 1. The van der Waals surface area contributed by atoms with E-state index >= 15 is 0 Å². The molecule has 0 radical (unpaired) electrons. The Balaban J connectivity index is 1.56. The SMILES string of the molecule is COc1ccc2c3c1O[C@H]1c4[nH]c5ccccc5c4C[C@@]4(O)[C@@H](C2)N(CCF)CC[C@]314. The molecule has 2 bridgehead atoms. The molecule has 3 aromatic rings. The van der Waals surface area contributed by atoms with E-state index in [1.54, 1.807) is 7.11 Å². The molecule has 3 heterocycles. The number of hydrogen-bond donors (Lipinski definition) is 2. The molecule has 7 rings (SSSR count). The van der Waals surface area contributed by atoms with Crippen molar-refractivity contribution in [1.29, 1.82) is 0 Å². The summed E-state index contributed by atoms with van der Waals surface area (Å²) in [5.74, 6) is 1.49. The molecule has 6 heteroatoms. The largest absolute Gasteiger partial charge is 0.493 e. The first-order valence-electron chi connectivity index (χ1n) is 11.1. The monoisotopic (exact) mass is 420 g/mol. The summed E-state index contributed by atoms with van der Waals surface area (Å²) in [4.78, 5) is 5.79. The molecule has 2 aliphatic heterocycles. The summed E-state index contributed by atoms with van der Waals surface area (Å²) < 4.78 is 25.8. The number of halogens is 1. The highest BCUT2D eigenvalue weighted by Gasteiger charge is 2.72. The fourth-order valence-corrected chi connectivity index (χ4v) is 7.25. The molecule has 4 aliphatic rings. The Morgan fingerprint density at radius 1 is 1.29 bits per heavy atom. The maximum absolute atomic E-state index is 13.5. The second kappa shape index (κ2) is 5.81. The van der Waals surface area contributed by atoms with E-state index in [9.17, 15) is 9.50 Å². The number of likely N-dealkylation sites (tertiary alicyclic amines) is 1. The van der Waals surface area contributed by atoms with Gasteiger partial charge in [0.1, 0.15) is 6.67 Å². The third-order valence-corrected chi connectivity index (χ3v) is 8.46. The van der Waals surface area contributed by atoms with Crippen LogP contribution in [-0.2, 0) is 18.3 Å². The highest BCUT2D eigenvalue weighted by Crippen LogP contribution is 2.68. The van der Waals surface area contributed by atoms with E-state index in [1.165, 1.54) is 5.56 Å². The van der Waals surface area contributed by atoms with Gasteiger partial charge in [-0.3, -0.25) is 4.90 Å². The van der Waals surface area contributed by atoms with Gasteiger partial charge in [0.25, 0.3) is 0 Å². The van der Waals surface area contributed by atoms with E-state index < -0.39 is 17.7 Å². The third-order valence-electron chi connectivity index (χ3n) is 8.46. The maximum atomic E-state index is 13.5. The Bertz CT molecular complexity index is 1240. The Morgan fingerprint density at radius 2 is 2.16 bits per heavy atom. The number of methoxy groups -OCH3 is 1. The van der Waals surface area contributed by atoms with Gasteiger partial charge in [-0.15, -0.1) is 0 Å². The number of ether oxygens (including phenoxy) is 2. The number of piperidine rings is 1. The van der Waals surface area contributed by atoms with E-state index in [4.69, 9.17) is 9.47 Å². The highest BCUT2D eigenvalue weighted by molar-refractivity contribution is 5.86. The number of rotatable bonds is 3. The van der Waals surface area contributed by atoms with Crippen molar-refractivity contribution < 1.29 is 19.0 Å². The van der Waals surface area contributed by atoms with Crippen LogP contribution in [0.4, 0.5) is 4.39 Å². The molecule has 1 saturated heterocycles. The van der Waals surface area contributed by atoms with Crippen LogP contribution in [-0.4, -0.2) is 53.5 Å². The number of aliphatic hydroxyl groups is 1. The molecule has 4 atom stereocenters. The lowest BCUT2D eigenvalue weighted by Gasteiger charge is -2.62. The van der Waals surface area contributed by atoms with Gasteiger partial charge in [0.05, 0.1) is 23.8 Å². The number of aromatic nitrogens is 1. The zero-order valence-corrected chi connectivity index (χ0v) is 17.5. The predicted molar refractivity (Wildman–Crippen MR) is 115 cm³/mol. The summed E-state index contributed by atoms with van der Waals surface area (Å²) in [6.45, 7) is 0.703. The van der Waals surface area contributed by atoms with Crippen molar-refractivity contribution in [3.63, 3.8) is 0 Å².